The second-order valence-corrected chi connectivity index (χ2v) is 7.94. The normalized spacial score (nSPS) is 14.9. The molecule has 2 amide bonds. The number of carbonyl (C=O) groups excluding carboxylic acids is 2. The summed E-state index contributed by atoms with van der Waals surface area (Å²) >= 11 is 0. The van der Waals surface area contributed by atoms with E-state index < -0.39 is 0 Å². The quantitative estimate of drug-likeness (QED) is 0.681. The summed E-state index contributed by atoms with van der Waals surface area (Å²) in [6.07, 6.45) is 3.34. The van der Waals surface area contributed by atoms with Gasteiger partial charge in [0.15, 0.2) is 5.65 Å². The molecular formula is C22H25FN6O2. The van der Waals surface area contributed by atoms with E-state index in [1.165, 1.54) is 24.3 Å². The number of nitrogens with one attached hydrogen (secondary N) is 1. The van der Waals surface area contributed by atoms with Gasteiger partial charge in [-0.15, -0.1) is 0 Å². The maximum Gasteiger partial charge on any atom is 0.255 e. The molecule has 2 aromatic heterocycles. The van der Waals surface area contributed by atoms with E-state index in [0.29, 0.717) is 37.4 Å². The third-order valence-electron chi connectivity index (χ3n) is 5.32. The minimum atomic E-state index is -0.345. The van der Waals surface area contributed by atoms with Crippen LogP contribution in [0.1, 0.15) is 30.2 Å². The number of fused-ring (bicyclic) bond motifs is 1. The van der Waals surface area contributed by atoms with Crippen LogP contribution in [0.4, 0.5) is 10.1 Å². The van der Waals surface area contributed by atoms with Gasteiger partial charge in [0.1, 0.15) is 5.82 Å². The summed E-state index contributed by atoms with van der Waals surface area (Å²) in [6, 6.07) is 7.69. The molecule has 9 heteroatoms. The summed E-state index contributed by atoms with van der Waals surface area (Å²) in [7, 11) is 0. The third-order valence-corrected chi connectivity index (χ3v) is 5.32. The lowest BCUT2D eigenvalue weighted by molar-refractivity contribution is -0.117. The van der Waals surface area contributed by atoms with Gasteiger partial charge in [0.05, 0.1) is 18.3 Å². The average molecular weight is 424 g/mol. The Morgan fingerprint density at radius 2 is 1.81 bits per heavy atom. The Hall–Kier alpha value is -3.33. The standard InChI is InChI=1S/C22H25FN6O2/c1-15(2)29-21-16(13-25-29)11-17(12-24-21)22(31)28-9-7-27(8-10-28)14-20(30)26-19-5-3-18(23)4-6-19/h3-6,11-13,15H,7-10,14H2,1-2H3,(H,26,30). The van der Waals surface area contributed by atoms with Crippen LogP contribution in [0.2, 0.25) is 0 Å². The fraction of sp³-hybridized carbons (Fsp3) is 0.364. The molecule has 1 aromatic carbocycles. The maximum absolute atomic E-state index is 13.0. The van der Waals surface area contributed by atoms with Crippen molar-refractivity contribution in [2.75, 3.05) is 38.0 Å². The number of aromatic nitrogens is 3. The third kappa shape index (κ3) is 4.72. The number of benzene rings is 1. The molecule has 8 nitrogen and oxygen atoms in total. The zero-order chi connectivity index (χ0) is 22.0. The molecule has 0 aliphatic carbocycles. The highest BCUT2D eigenvalue weighted by Gasteiger charge is 2.24. The minimum Gasteiger partial charge on any atom is -0.336 e. The van der Waals surface area contributed by atoms with Crippen molar-refractivity contribution in [3.8, 4) is 0 Å². The van der Waals surface area contributed by atoms with E-state index in [1.54, 1.807) is 17.3 Å². The number of piperazine rings is 1. The van der Waals surface area contributed by atoms with Crippen molar-refractivity contribution in [1.29, 1.82) is 0 Å². The van der Waals surface area contributed by atoms with Crippen LogP contribution in [-0.4, -0.2) is 69.1 Å². The first-order valence-electron chi connectivity index (χ1n) is 10.3. The molecule has 0 unspecified atom stereocenters. The number of hydrogen-bond acceptors (Lipinski definition) is 5. The summed E-state index contributed by atoms with van der Waals surface area (Å²) in [5.41, 5.74) is 1.87. The smallest absolute Gasteiger partial charge is 0.255 e. The lowest BCUT2D eigenvalue weighted by Crippen LogP contribution is -2.50. The maximum atomic E-state index is 13.0. The summed E-state index contributed by atoms with van der Waals surface area (Å²) in [5, 5.41) is 7.95. The predicted molar refractivity (Wildman–Crippen MR) is 115 cm³/mol. The molecule has 1 N–H and O–H groups in total. The Bertz CT molecular complexity index is 1090. The molecular weight excluding hydrogens is 399 g/mol. The number of hydrogen-bond donors (Lipinski definition) is 1. The number of rotatable bonds is 5. The van der Waals surface area contributed by atoms with Crippen molar-refractivity contribution in [1.82, 2.24) is 24.6 Å². The van der Waals surface area contributed by atoms with Crippen LogP contribution in [0.3, 0.4) is 0 Å². The van der Waals surface area contributed by atoms with E-state index in [1.807, 2.05) is 29.5 Å². The number of nitrogens with zero attached hydrogens (tertiary/aromatic N) is 5. The van der Waals surface area contributed by atoms with Gasteiger partial charge in [-0.1, -0.05) is 0 Å². The lowest BCUT2D eigenvalue weighted by Gasteiger charge is -2.34. The molecule has 0 atom stereocenters. The second-order valence-electron chi connectivity index (χ2n) is 7.94. The molecule has 0 radical (unpaired) electrons. The molecule has 3 heterocycles. The monoisotopic (exact) mass is 424 g/mol. The zero-order valence-electron chi connectivity index (χ0n) is 17.6. The van der Waals surface area contributed by atoms with Crippen molar-refractivity contribution < 1.29 is 14.0 Å². The second kappa shape index (κ2) is 8.81. The molecule has 0 spiro atoms. The van der Waals surface area contributed by atoms with Gasteiger partial charge in [-0.3, -0.25) is 14.5 Å². The van der Waals surface area contributed by atoms with Gasteiger partial charge in [-0.2, -0.15) is 5.10 Å². The highest BCUT2D eigenvalue weighted by atomic mass is 19.1. The summed E-state index contributed by atoms with van der Waals surface area (Å²) in [6.45, 7) is 6.56. The first kappa shape index (κ1) is 20.9. The van der Waals surface area contributed by atoms with Gasteiger partial charge in [0.25, 0.3) is 5.91 Å². The molecule has 1 saturated heterocycles. The Morgan fingerprint density at radius 3 is 2.48 bits per heavy atom. The topological polar surface area (TPSA) is 83.4 Å². The Kier molecular flexibility index (Phi) is 5.94. The Balaban J connectivity index is 1.32. The molecule has 1 aliphatic heterocycles. The molecule has 1 fully saturated rings. The summed E-state index contributed by atoms with van der Waals surface area (Å²) < 4.78 is 14.8. The van der Waals surface area contributed by atoms with Crippen LogP contribution in [0.5, 0.6) is 0 Å². The number of pyridine rings is 1. The average Bonchev–Trinajstić information content (AvgIpc) is 3.19. The first-order valence-corrected chi connectivity index (χ1v) is 10.3. The van der Waals surface area contributed by atoms with Gasteiger partial charge in [0, 0.05) is 49.5 Å². The molecule has 4 rings (SSSR count). The number of amides is 2. The van der Waals surface area contributed by atoms with Crippen molar-refractivity contribution >= 4 is 28.5 Å². The molecule has 3 aromatic rings. The number of anilines is 1. The van der Waals surface area contributed by atoms with Crippen molar-refractivity contribution in [3.05, 3.63) is 54.1 Å². The molecule has 162 valence electrons. The SMILES string of the molecule is CC(C)n1ncc2cc(C(=O)N3CCN(CC(=O)Nc4ccc(F)cc4)CC3)cnc21. The van der Waals surface area contributed by atoms with E-state index in [0.717, 1.165) is 11.0 Å². The number of carbonyl (C=O) groups is 2. The zero-order valence-corrected chi connectivity index (χ0v) is 17.6. The van der Waals surface area contributed by atoms with E-state index in [9.17, 15) is 14.0 Å². The van der Waals surface area contributed by atoms with E-state index in [4.69, 9.17) is 0 Å². The minimum absolute atomic E-state index is 0.0675. The Morgan fingerprint density at radius 1 is 1.10 bits per heavy atom. The van der Waals surface area contributed by atoms with Gasteiger partial charge in [-0.05, 0) is 44.2 Å². The fourth-order valence-corrected chi connectivity index (χ4v) is 3.66. The first-order chi connectivity index (χ1) is 14.9. The van der Waals surface area contributed by atoms with Crippen LogP contribution in [-0.2, 0) is 4.79 Å². The van der Waals surface area contributed by atoms with Crippen molar-refractivity contribution in [2.45, 2.75) is 19.9 Å². The van der Waals surface area contributed by atoms with Crippen LogP contribution in [0.15, 0.2) is 42.7 Å². The van der Waals surface area contributed by atoms with Gasteiger partial charge < -0.3 is 10.2 Å². The highest BCUT2D eigenvalue weighted by molar-refractivity contribution is 5.97. The lowest BCUT2D eigenvalue weighted by atomic mass is 10.2. The van der Waals surface area contributed by atoms with E-state index in [2.05, 4.69) is 15.4 Å². The van der Waals surface area contributed by atoms with Crippen molar-refractivity contribution in [3.63, 3.8) is 0 Å². The molecule has 0 saturated carbocycles. The van der Waals surface area contributed by atoms with Gasteiger partial charge in [-0.25, -0.2) is 14.1 Å². The summed E-state index contributed by atoms with van der Waals surface area (Å²) in [5.74, 6) is -0.577. The Labute approximate surface area is 179 Å². The predicted octanol–water partition coefficient (Wildman–Crippen LogP) is 2.55. The van der Waals surface area contributed by atoms with Crippen molar-refractivity contribution in [2.24, 2.45) is 0 Å². The van der Waals surface area contributed by atoms with Crippen LogP contribution >= 0.6 is 0 Å². The van der Waals surface area contributed by atoms with Gasteiger partial charge >= 0.3 is 0 Å². The largest absolute Gasteiger partial charge is 0.336 e. The fourth-order valence-electron chi connectivity index (χ4n) is 3.66. The number of halogens is 1. The van der Waals surface area contributed by atoms with Crippen LogP contribution < -0.4 is 5.32 Å². The van der Waals surface area contributed by atoms with E-state index >= 15 is 0 Å². The van der Waals surface area contributed by atoms with E-state index in [-0.39, 0.29) is 30.2 Å². The van der Waals surface area contributed by atoms with Crippen LogP contribution in [0, 0.1) is 5.82 Å². The summed E-state index contributed by atoms with van der Waals surface area (Å²) in [4.78, 5) is 33.4. The highest BCUT2D eigenvalue weighted by Crippen LogP contribution is 2.18. The van der Waals surface area contributed by atoms with Gasteiger partial charge in [0.2, 0.25) is 5.91 Å². The molecule has 1 aliphatic rings. The molecule has 0 bridgehead atoms. The van der Waals surface area contributed by atoms with Crippen LogP contribution in [0.25, 0.3) is 11.0 Å². The molecule has 31 heavy (non-hydrogen) atoms.